The van der Waals surface area contributed by atoms with Gasteiger partial charge in [-0.2, -0.15) is 0 Å². The van der Waals surface area contributed by atoms with E-state index in [2.05, 4.69) is 24.4 Å². The molecule has 1 aliphatic heterocycles. The third-order valence-electron chi connectivity index (χ3n) is 7.57. The van der Waals surface area contributed by atoms with Crippen molar-refractivity contribution in [2.45, 2.75) is 51.6 Å². The fourth-order valence-corrected chi connectivity index (χ4v) is 5.50. The molecular weight excluding hydrogens is 474 g/mol. The average molecular weight is 508 g/mol. The number of ketones is 1. The lowest BCUT2D eigenvalue weighted by molar-refractivity contribution is -0.140. The summed E-state index contributed by atoms with van der Waals surface area (Å²) in [6.07, 6.45) is 2.01. The summed E-state index contributed by atoms with van der Waals surface area (Å²) < 4.78 is 11.1. The van der Waals surface area contributed by atoms with Crippen molar-refractivity contribution in [1.29, 1.82) is 0 Å². The Hall–Kier alpha value is -4.12. The third kappa shape index (κ3) is 5.14. The molecule has 5 rings (SSSR count). The van der Waals surface area contributed by atoms with Crippen LogP contribution < -0.4 is 10.1 Å². The molecule has 0 unspecified atom stereocenters. The lowest BCUT2D eigenvalue weighted by Crippen LogP contribution is -2.36. The first-order chi connectivity index (χ1) is 18.5. The number of allylic oxidation sites excluding steroid dienone is 3. The van der Waals surface area contributed by atoms with Gasteiger partial charge in [-0.15, -0.1) is 0 Å². The van der Waals surface area contributed by atoms with E-state index in [1.54, 1.807) is 7.11 Å². The van der Waals surface area contributed by atoms with E-state index < -0.39 is 11.9 Å². The number of benzene rings is 3. The number of nitrogens with one attached hydrogen (secondary N) is 1. The smallest absolute Gasteiger partial charge is 0.337 e. The highest BCUT2D eigenvalue weighted by molar-refractivity contribution is 6.04. The van der Waals surface area contributed by atoms with Crippen molar-refractivity contribution in [2.24, 2.45) is 0 Å². The zero-order valence-corrected chi connectivity index (χ0v) is 22.1. The number of ether oxygens (including phenoxy) is 2. The second kappa shape index (κ2) is 11.1. The first-order valence-electron chi connectivity index (χ1n) is 13.2. The van der Waals surface area contributed by atoms with E-state index in [4.69, 9.17) is 9.47 Å². The van der Waals surface area contributed by atoms with E-state index >= 15 is 0 Å². The van der Waals surface area contributed by atoms with E-state index in [0.717, 1.165) is 40.3 Å². The maximum Gasteiger partial charge on any atom is 0.337 e. The van der Waals surface area contributed by atoms with Crippen LogP contribution >= 0.6 is 0 Å². The van der Waals surface area contributed by atoms with E-state index in [9.17, 15) is 9.59 Å². The van der Waals surface area contributed by atoms with Crippen molar-refractivity contribution in [2.75, 3.05) is 7.11 Å². The van der Waals surface area contributed by atoms with Crippen molar-refractivity contribution in [3.63, 3.8) is 0 Å². The predicted molar refractivity (Wildman–Crippen MR) is 148 cm³/mol. The molecule has 0 saturated carbocycles. The molecule has 1 heterocycles. The number of dihydropyridines is 1. The Morgan fingerprint density at radius 1 is 0.895 bits per heavy atom. The summed E-state index contributed by atoms with van der Waals surface area (Å²) in [7, 11) is 1.65. The lowest BCUT2D eigenvalue weighted by Gasteiger charge is -2.36. The van der Waals surface area contributed by atoms with E-state index in [0.29, 0.717) is 24.0 Å². The molecule has 3 aromatic carbocycles. The van der Waals surface area contributed by atoms with E-state index in [1.807, 2.05) is 73.7 Å². The van der Waals surface area contributed by atoms with Gasteiger partial charge in [0.15, 0.2) is 5.78 Å². The van der Waals surface area contributed by atoms with Gasteiger partial charge in [0.25, 0.3) is 0 Å². The maximum absolute atomic E-state index is 13.8. The number of hydrogen-bond donors (Lipinski definition) is 1. The van der Waals surface area contributed by atoms with Crippen LogP contribution in [-0.4, -0.2) is 18.9 Å². The second-order valence-electron chi connectivity index (χ2n) is 9.95. The largest absolute Gasteiger partial charge is 0.497 e. The molecule has 38 heavy (non-hydrogen) atoms. The molecule has 0 spiro atoms. The van der Waals surface area contributed by atoms with Crippen molar-refractivity contribution < 1.29 is 19.1 Å². The fraction of sp³-hybridized carbons (Fsp3) is 0.273. The van der Waals surface area contributed by atoms with Crippen molar-refractivity contribution in [3.05, 3.63) is 124 Å². The molecule has 0 saturated heterocycles. The predicted octanol–water partition coefficient (Wildman–Crippen LogP) is 6.36. The van der Waals surface area contributed by atoms with Crippen LogP contribution in [0.1, 0.15) is 60.8 Å². The second-order valence-corrected chi connectivity index (χ2v) is 9.95. The van der Waals surface area contributed by atoms with Gasteiger partial charge in [0, 0.05) is 29.3 Å². The van der Waals surface area contributed by atoms with Crippen molar-refractivity contribution in [1.82, 2.24) is 5.32 Å². The Labute approximate surface area is 224 Å². The van der Waals surface area contributed by atoms with Crippen LogP contribution in [-0.2, 0) is 27.4 Å². The Bertz CT molecular complexity index is 1390. The summed E-state index contributed by atoms with van der Waals surface area (Å²) in [6.45, 7) is 4.19. The molecule has 5 heteroatoms. The van der Waals surface area contributed by atoms with Crippen LogP contribution in [0.4, 0.5) is 0 Å². The summed E-state index contributed by atoms with van der Waals surface area (Å²) in [6, 6.07) is 25.8. The minimum atomic E-state index is -0.468. The molecular formula is C33H33NO4. The monoisotopic (exact) mass is 507 g/mol. The number of esters is 1. The minimum Gasteiger partial charge on any atom is -0.497 e. The molecule has 1 aliphatic carbocycles. The van der Waals surface area contributed by atoms with Crippen LogP contribution in [0, 0.1) is 0 Å². The number of Topliss-reactive ketones (excluding diaryl/α,β-unsaturated/α-hetero) is 1. The molecule has 0 fully saturated rings. The van der Waals surface area contributed by atoms with Gasteiger partial charge in [-0.1, -0.05) is 73.7 Å². The summed E-state index contributed by atoms with van der Waals surface area (Å²) in [4.78, 5) is 27.3. The highest BCUT2D eigenvalue weighted by Gasteiger charge is 2.41. The van der Waals surface area contributed by atoms with Crippen LogP contribution in [0.3, 0.4) is 0 Å². The quantitative estimate of drug-likeness (QED) is 0.377. The topological polar surface area (TPSA) is 64.6 Å². The normalized spacial score (nSPS) is 19.1. The Morgan fingerprint density at radius 2 is 1.58 bits per heavy atom. The summed E-state index contributed by atoms with van der Waals surface area (Å²) in [5, 5.41) is 3.44. The molecule has 0 radical (unpaired) electrons. The molecule has 0 aromatic heterocycles. The van der Waals surface area contributed by atoms with Crippen LogP contribution in [0.15, 0.2) is 101 Å². The Kier molecular flexibility index (Phi) is 7.45. The lowest BCUT2D eigenvalue weighted by atomic mass is 9.71. The van der Waals surface area contributed by atoms with Gasteiger partial charge >= 0.3 is 5.97 Å². The SMILES string of the molecule is CCc1ccc([C@H]2C(C(=O)OCc3ccccc3)=C(C)NC3=C2C(=O)C[C@@H](c2ccc(OC)cc2)C3)cc1. The number of carbonyl (C=O) groups excluding carboxylic acids is 2. The fourth-order valence-electron chi connectivity index (χ4n) is 5.50. The van der Waals surface area contributed by atoms with E-state index in [-0.39, 0.29) is 18.3 Å². The van der Waals surface area contributed by atoms with Crippen LogP contribution in [0.5, 0.6) is 5.75 Å². The van der Waals surface area contributed by atoms with Gasteiger partial charge in [-0.05, 0) is 60.1 Å². The summed E-state index contributed by atoms with van der Waals surface area (Å²) in [5.41, 5.74) is 6.96. The molecule has 3 aromatic rings. The molecule has 0 amide bonds. The number of rotatable bonds is 7. The Morgan fingerprint density at radius 3 is 2.24 bits per heavy atom. The first-order valence-corrected chi connectivity index (χ1v) is 13.2. The average Bonchev–Trinajstić information content (AvgIpc) is 2.95. The van der Waals surface area contributed by atoms with Crippen LogP contribution in [0.2, 0.25) is 0 Å². The highest BCUT2D eigenvalue weighted by Crippen LogP contribution is 2.46. The molecule has 1 N–H and O–H groups in total. The number of aryl methyl sites for hydroxylation is 1. The zero-order chi connectivity index (χ0) is 26.6. The summed E-state index contributed by atoms with van der Waals surface area (Å²) in [5.74, 6) is 0.0385. The summed E-state index contributed by atoms with van der Waals surface area (Å²) >= 11 is 0. The first kappa shape index (κ1) is 25.5. The van der Waals surface area contributed by atoms with Gasteiger partial charge in [-0.25, -0.2) is 4.79 Å². The van der Waals surface area contributed by atoms with Crippen molar-refractivity contribution >= 4 is 11.8 Å². The zero-order valence-electron chi connectivity index (χ0n) is 22.1. The molecule has 0 bridgehead atoms. The molecule has 5 nitrogen and oxygen atoms in total. The van der Waals surface area contributed by atoms with Gasteiger partial charge in [0.1, 0.15) is 12.4 Å². The maximum atomic E-state index is 13.8. The van der Waals surface area contributed by atoms with Crippen molar-refractivity contribution in [3.8, 4) is 5.75 Å². The number of methoxy groups -OCH3 is 1. The number of hydrogen-bond acceptors (Lipinski definition) is 5. The van der Waals surface area contributed by atoms with Gasteiger partial charge in [0.2, 0.25) is 0 Å². The van der Waals surface area contributed by atoms with Gasteiger partial charge < -0.3 is 14.8 Å². The van der Waals surface area contributed by atoms with Gasteiger partial charge in [0.05, 0.1) is 12.7 Å². The highest BCUT2D eigenvalue weighted by atomic mass is 16.5. The Balaban J connectivity index is 1.50. The van der Waals surface area contributed by atoms with Crippen LogP contribution in [0.25, 0.3) is 0 Å². The minimum absolute atomic E-state index is 0.0576. The third-order valence-corrected chi connectivity index (χ3v) is 7.57. The number of carbonyl (C=O) groups is 2. The molecule has 194 valence electrons. The van der Waals surface area contributed by atoms with E-state index in [1.165, 1.54) is 5.56 Å². The molecule has 2 atom stereocenters. The molecule has 2 aliphatic rings. The standard InChI is InChI=1S/C33H33NO4/c1-4-22-10-12-25(13-11-22)31-30(33(36)38-20-23-8-6-5-7-9-23)21(2)34-28-18-26(19-29(35)32(28)31)24-14-16-27(37-3)17-15-24/h5-17,26,31,34H,4,18-20H2,1-3H3/t26-,31-/m0/s1. The van der Waals surface area contributed by atoms with Gasteiger partial charge in [-0.3, -0.25) is 4.79 Å².